The number of phenols is 1. The van der Waals surface area contributed by atoms with E-state index in [0.717, 1.165) is 0 Å². The van der Waals surface area contributed by atoms with E-state index in [1.165, 1.54) is 24.3 Å². The summed E-state index contributed by atoms with van der Waals surface area (Å²) in [4.78, 5) is 12.3. The van der Waals surface area contributed by atoms with Crippen molar-refractivity contribution in [3.63, 3.8) is 0 Å². The Morgan fingerprint density at radius 1 is 1.25 bits per heavy atom. The maximum absolute atomic E-state index is 12.3. The van der Waals surface area contributed by atoms with Crippen molar-refractivity contribution in [1.29, 1.82) is 0 Å². The summed E-state index contributed by atoms with van der Waals surface area (Å²) in [6.45, 7) is 0. The fraction of sp³-hybridized carbons (Fsp3) is 0.0588. The summed E-state index contributed by atoms with van der Waals surface area (Å²) >= 11 is 5.85. The van der Waals surface area contributed by atoms with Crippen LogP contribution in [0, 0.1) is 0 Å². The third kappa shape index (κ3) is 3.18. The summed E-state index contributed by atoms with van der Waals surface area (Å²) in [5, 5.41) is 16.4. The molecule has 24 heavy (non-hydrogen) atoms. The van der Waals surface area contributed by atoms with E-state index in [2.05, 4.69) is 10.5 Å². The van der Waals surface area contributed by atoms with Crippen LogP contribution in [0.5, 0.6) is 11.5 Å². The van der Waals surface area contributed by atoms with Crippen LogP contribution in [0.15, 0.2) is 53.1 Å². The normalized spacial score (nSPS) is 10.4. The highest BCUT2D eigenvalue weighted by atomic mass is 35.5. The van der Waals surface area contributed by atoms with Crippen molar-refractivity contribution in [2.75, 3.05) is 12.4 Å². The van der Waals surface area contributed by atoms with Crippen molar-refractivity contribution in [2.45, 2.75) is 0 Å². The van der Waals surface area contributed by atoms with Gasteiger partial charge in [0.05, 0.1) is 18.4 Å². The zero-order chi connectivity index (χ0) is 17.1. The first-order chi connectivity index (χ1) is 11.6. The van der Waals surface area contributed by atoms with E-state index in [1.54, 1.807) is 19.2 Å². The van der Waals surface area contributed by atoms with Crippen LogP contribution in [0.4, 0.5) is 5.69 Å². The van der Waals surface area contributed by atoms with Gasteiger partial charge in [0.15, 0.2) is 11.5 Å². The van der Waals surface area contributed by atoms with Gasteiger partial charge in [-0.1, -0.05) is 28.9 Å². The molecule has 0 unspecified atom stereocenters. The van der Waals surface area contributed by atoms with Gasteiger partial charge in [0.1, 0.15) is 11.5 Å². The Bertz CT molecular complexity index is 892. The quantitative estimate of drug-likeness (QED) is 0.700. The average molecular weight is 345 g/mol. The maximum Gasteiger partial charge on any atom is 0.277 e. The van der Waals surface area contributed by atoms with E-state index in [-0.39, 0.29) is 17.1 Å². The standard InChI is InChI=1S/C17H13ClN2O4/c1-23-15-5-3-2-4-11(15)16-9-13(20-24-16)17(22)19-12-8-10(18)6-7-14(12)21/h2-9,21H,1H3,(H,19,22). The number of anilines is 1. The van der Waals surface area contributed by atoms with Gasteiger partial charge in [0.2, 0.25) is 0 Å². The highest BCUT2D eigenvalue weighted by Gasteiger charge is 2.17. The third-order valence-corrected chi connectivity index (χ3v) is 3.56. The molecular formula is C17H13ClN2O4. The summed E-state index contributed by atoms with van der Waals surface area (Å²) in [6, 6.07) is 13.1. The van der Waals surface area contributed by atoms with Gasteiger partial charge in [-0.05, 0) is 30.3 Å². The van der Waals surface area contributed by atoms with E-state index in [4.69, 9.17) is 20.9 Å². The van der Waals surface area contributed by atoms with Crippen LogP contribution < -0.4 is 10.1 Å². The number of halogens is 1. The predicted octanol–water partition coefficient (Wildman–Crippen LogP) is 3.96. The number of para-hydroxylation sites is 1. The first kappa shape index (κ1) is 15.9. The van der Waals surface area contributed by atoms with Crippen LogP contribution in [-0.4, -0.2) is 23.3 Å². The largest absolute Gasteiger partial charge is 0.506 e. The highest BCUT2D eigenvalue weighted by molar-refractivity contribution is 6.31. The second-order valence-corrected chi connectivity index (χ2v) is 5.33. The number of rotatable bonds is 4. The second-order valence-electron chi connectivity index (χ2n) is 4.89. The van der Waals surface area contributed by atoms with Gasteiger partial charge < -0.3 is 19.7 Å². The zero-order valence-electron chi connectivity index (χ0n) is 12.6. The average Bonchev–Trinajstić information content (AvgIpc) is 3.08. The summed E-state index contributed by atoms with van der Waals surface area (Å²) in [5.74, 6) is 0.375. The molecule has 7 heteroatoms. The topological polar surface area (TPSA) is 84.6 Å². The van der Waals surface area contributed by atoms with E-state index < -0.39 is 5.91 Å². The molecule has 1 amide bonds. The lowest BCUT2D eigenvalue weighted by Gasteiger charge is -2.05. The summed E-state index contributed by atoms with van der Waals surface area (Å²) in [6.07, 6.45) is 0. The van der Waals surface area contributed by atoms with Gasteiger partial charge in [0.25, 0.3) is 5.91 Å². The summed E-state index contributed by atoms with van der Waals surface area (Å²) in [7, 11) is 1.55. The minimum Gasteiger partial charge on any atom is -0.506 e. The number of ether oxygens (including phenoxy) is 1. The lowest BCUT2D eigenvalue weighted by Crippen LogP contribution is -2.12. The Hall–Kier alpha value is -2.99. The Balaban J connectivity index is 1.85. The van der Waals surface area contributed by atoms with Crippen molar-refractivity contribution in [1.82, 2.24) is 5.16 Å². The number of benzene rings is 2. The fourth-order valence-electron chi connectivity index (χ4n) is 2.15. The van der Waals surface area contributed by atoms with E-state index in [9.17, 15) is 9.90 Å². The van der Waals surface area contributed by atoms with Gasteiger partial charge in [-0.2, -0.15) is 0 Å². The first-order valence-electron chi connectivity index (χ1n) is 6.98. The molecule has 2 N–H and O–H groups in total. The molecular weight excluding hydrogens is 332 g/mol. The maximum atomic E-state index is 12.3. The lowest BCUT2D eigenvalue weighted by atomic mass is 10.1. The van der Waals surface area contributed by atoms with Crippen molar-refractivity contribution in [3.05, 3.63) is 59.2 Å². The summed E-state index contributed by atoms with van der Waals surface area (Å²) in [5.41, 5.74) is 0.932. The molecule has 6 nitrogen and oxygen atoms in total. The number of hydrogen-bond acceptors (Lipinski definition) is 5. The van der Waals surface area contributed by atoms with Crippen molar-refractivity contribution >= 4 is 23.2 Å². The minimum absolute atomic E-state index is 0.0651. The van der Waals surface area contributed by atoms with Gasteiger partial charge in [-0.15, -0.1) is 0 Å². The number of methoxy groups -OCH3 is 1. The van der Waals surface area contributed by atoms with E-state index in [0.29, 0.717) is 22.1 Å². The molecule has 0 aliphatic carbocycles. The van der Waals surface area contributed by atoms with Crippen molar-refractivity contribution in [2.24, 2.45) is 0 Å². The van der Waals surface area contributed by atoms with Crippen LogP contribution in [-0.2, 0) is 0 Å². The fourth-order valence-corrected chi connectivity index (χ4v) is 2.32. The van der Waals surface area contributed by atoms with Crippen LogP contribution in [0.25, 0.3) is 11.3 Å². The van der Waals surface area contributed by atoms with E-state index in [1.807, 2.05) is 12.1 Å². The molecule has 3 rings (SSSR count). The second kappa shape index (κ2) is 6.64. The predicted molar refractivity (Wildman–Crippen MR) is 89.6 cm³/mol. The van der Waals surface area contributed by atoms with Crippen LogP contribution in [0.1, 0.15) is 10.5 Å². The molecule has 0 spiro atoms. The first-order valence-corrected chi connectivity index (χ1v) is 7.36. The molecule has 0 aliphatic rings. The Kier molecular flexibility index (Phi) is 4.39. The van der Waals surface area contributed by atoms with Gasteiger partial charge in [-0.3, -0.25) is 4.79 Å². The van der Waals surface area contributed by atoms with Crippen LogP contribution in [0.3, 0.4) is 0 Å². The molecule has 3 aromatic rings. The summed E-state index contributed by atoms with van der Waals surface area (Å²) < 4.78 is 10.5. The number of amides is 1. The number of phenolic OH excluding ortho intramolecular Hbond substituents is 1. The molecule has 2 aromatic carbocycles. The Morgan fingerprint density at radius 2 is 2.04 bits per heavy atom. The SMILES string of the molecule is COc1ccccc1-c1cc(C(=O)Nc2cc(Cl)ccc2O)no1. The molecule has 0 bridgehead atoms. The van der Waals surface area contributed by atoms with E-state index >= 15 is 0 Å². The molecule has 0 saturated heterocycles. The number of nitrogens with one attached hydrogen (secondary N) is 1. The minimum atomic E-state index is -0.530. The number of nitrogens with zero attached hydrogens (tertiary/aromatic N) is 1. The lowest BCUT2D eigenvalue weighted by molar-refractivity contribution is 0.101. The van der Waals surface area contributed by atoms with Crippen LogP contribution in [0.2, 0.25) is 5.02 Å². The molecule has 0 radical (unpaired) electrons. The number of hydrogen-bond donors (Lipinski definition) is 2. The number of aromatic hydroxyl groups is 1. The molecule has 0 saturated carbocycles. The molecule has 0 fully saturated rings. The van der Waals surface area contributed by atoms with Gasteiger partial charge in [-0.25, -0.2) is 0 Å². The molecule has 1 heterocycles. The van der Waals surface area contributed by atoms with Crippen LogP contribution >= 0.6 is 11.6 Å². The Morgan fingerprint density at radius 3 is 2.83 bits per heavy atom. The monoisotopic (exact) mass is 344 g/mol. The number of aromatic nitrogens is 1. The molecule has 0 atom stereocenters. The van der Waals surface area contributed by atoms with Crippen molar-refractivity contribution in [3.8, 4) is 22.8 Å². The van der Waals surface area contributed by atoms with Crippen molar-refractivity contribution < 1.29 is 19.2 Å². The Labute approximate surface area is 142 Å². The van der Waals surface area contributed by atoms with Gasteiger partial charge in [0, 0.05) is 11.1 Å². The third-order valence-electron chi connectivity index (χ3n) is 3.32. The number of carbonyl (C=O) groups is 1. The van der Waals surface area contributed by atoms with Gasteiger partial charge >= 0.3 is 0 Å². The molecule has 1 aromatic heterocycles. The zero-order valence-corrected chi connectivity index (χ0v) is 13.4. The smallest absolute Gasteiger partial charge is 0.277 e. The molecule has 122 valence electrons. The molecule has 0 aliphatic heterocycles. The number of carbonyl (C=O) groups excluding carboxylic acids is 1. The highest BCUT2D eigenvalue weighted by Crippen LogP contribution is 2.31.